The molecular formula is C45H49N5O8. The van der Waals surface area contributed by atoms with Gasteiger partial charge in [-0.05, 0) is 118 Å². The van der Waals surface area contributed by atoms with Gasteiger partial charge in [0.05, 0.1) is 0 Å². The molecular weight excluding hydrogens is 739 g/mol. The number of aryl methyl sites for hydroxylation is 1. The number of hydrogen-bond donors (Lipinski definition) is 6. The number of nitrogen functional groups attached to an aromatic ring is 2. The minimum atomic E-state index is -1.24. The predicted octanol–water partition coefficient (Wildman–Crippen LogP) is 5.48. The first-order valence-electron chi connectivity index (χ1n) is 19.8. The Morgan fingerprint density at radius 1 is 1.09 bits per heavy atom. The van der Waals surface area contributed by atoms with Crippen molar-refractivity contribution in [1.82, 2.24) is 15.3 Å². The summed E-state index contributed by atoms with van der Waals surface area (Å²) in [6.07, 6.45) is 7.30. The molecule has 1 aliphatic carbocycles. The van der Waals surface area contributed by atoms with Crippen LogP contribution in [0.3, 0.4) is 0 Å². The van der Waals surface area contributed by atoms with Crippen molar-refractivity contribution >= 4 is 28.6 Å². The summed E-state index contributed by atoms with van der Waals surface area (Å²) >= 11 is 0. The number of carbonyl (C=O) groups is 1. The minimum Gasteiger partial charge on any atom is -0.508 e. The van der Waals surface area contributed by atoms with Gasteiger partial charge in [-0.25, -0.2) is 14.8 Å². The maximum atomic E-state index is 14.1. The Kier molecular flexibility index (Phi) is 10.4. The second-order valence-electron chi connectivity index (χ2n) is 15.9. The van der Waals surface area contributed by atoms with Gasteiger partial charge in [0.2, 0.25) is 0 Å². The fraction of sp³-hybridized carbons (Fsp3) is 0.378. The molecule has 8 N–H and O–H groups in total. The number of ether oxygens (including phenoxy) is 2. The number of hydrogen-bond acceptors (Lipinski definition) is 13. The van der Waals surface area contributed by atoms with Gasteiger partial charge in [0.1, 0.15) is 63.9 Å². The molecule has 4 bridgehead atoms. The van der Waals surface area contributed by atoms with Crippen molar-refractivity contribution in [2.75, 3.05) is 25.1 Å². The number of esters is 1. The standard InChI is InChI=1S/C45H49N5O8/c1-4-24(11-13-48-3)44(55)57-35-20-33-40(54)39-34(53)19-30(22-51)56-42(39)38-32-18-27-17-29(52)9-8-25(27)6-7-26(37-31(32)12-14-49-43(37)47)16-28(45(35,2)58-41(33)38)15-23-5-10-36(46)50-21-23/h4-5,8-10,12,14,17,19,21,26,28,32,35,48,51-52,54H,6-7,11,13,15-16,18,20,22H2,1-3H3,(H2,46,50)(H2,47,49)/b24-4-/t26-,28+,32+,35-,45+/m1/s1. The molecule has 0 amide bonds. The zero-order valence-corrected chi connectivity index (χ0v) is 32.9. The van der Waals surface area contributed by atoms with E-state index in [0.29, 0.717) is 79.2 Å². The number of anilines is 2. The minimum absolute atomic E-state index is 0.0122. The average Bonchev–Trinajstić information content (AvgIpc) is 3.26. The van der Waals surface area contributed by atoms with E-state index in [1.807, 2.05) is 32.2 Å². The second-order valence-corrected chi connectivity index (χ2v) is 15.9. The Balaban J connectivity index is 1.47. The topological polar surface area (TPSA) is 216 Å². The second kappa shape index (κ2) is 15.4. The Morgan fingerprint density at radius 3 is 2.66 bits per heavy atom. The summed E-state index contributed by atoms with van der Waals surface area (Å²) in [5.41, 5.74) is 17.0. The lowest BCUT2D eigenvalue weighted by Gasteiger charge is -2.49. The summed E-state index contributed by atoms with van der Waals surface area (Å²) in [5.74, 6) is -0.852. The van der Waals surface area contributed by atoms with Crippen LogP contribution in [0.15, 0.2) is 75.7 Å². The molecule has 5 aromatic rings. The number of nitrogens with two attached hydrogens (primary N) is 2. The number of phenols is 2. The van der Waals surface area contributed by atoms with Crippen molar-refractivity contribution in [2.45, 2.75) is 88.9 Å². The Labute approximate surface area is 335 Å². The maximum absolute atomic E-state index is 14.1. The molecule has 3 aromatic heterocycles. The van der Waals surface area contributed by atoms with Crippen LogP contribution in [0.1, 0.15) is 89.7 Å². The maximum Gasteiger partial charge on any atom is 0.334 e. The molecule has 13 heteroatoms. The average molecular weight is 788 g/mol. The van der Waals surface area contributed by atoms with Gasteiger partial charge in [-0.15, -0.1) is 0 Å². The van der Waals surface area contributed by atoms with Crippen LogP contribution in [0.4, 0.5) is 11.6 Å². The van der Waals surface area contributed by atoms with Crippen molar-refractivity contribution in [3.05, 3.63) is 121 Å². The number of pyridine rings is 2. The first-order valence-corrected chi connectivity index (χ1v) is 19.8. The lowest BCUT2D eigenvalue weighted by atomic mass is 9.68. The summed E-state index contributed by atoms with van der Waals surface area (Å²) in [5, 5.41) is 36.3. The van der Waals surface area contributed by atoms with Crippen LogP contribution in [0.25, 0.3) is 11.0 Å². The molecule has 58 heavy (non-hydrogen) atoms. The zero-order chi connectivity index (χ0) is 40.9. The molecule has 8 rings (SSSR count). The first-order chi connectivity index (χ1) is 27.9. The lowest BCUT2D eigenvalue weighted by molar-refractivity contribution is -0.165. The largest absolute Gasteiger partial charge is 0.508 e. The third-order valence-corrected chi connectivity index (χ3v) is 12.6. The van der Waals surface area contributed by atoms with Gasteiger partial charge in [-0.3, -0.25) is 4.79 Å². The number of rotatable bonds is 8. The number of fused-ring (bicyclic) bond motifs is 5. The van der Waals surface area contributed by atoms with E-state index in [1.54, 1.807) is 43.6 Å². The molecule has 5 atom stereocenters. The Bertz CT molecular complexity index is 2500. The first kappa shape index (κ1) is 38.9. The highest BCUT2D eigenvalue weighted by Gasteiger charge is 2.53. The van der Waals surface area contributed by atoms with Crippen LogP contribution in [0.5, 0.6) is 17.2 Å². The number of nitrogens with one attached hydrogen (secondary N) is 1. The van der Waals surface area contributed by atoms with Crippen molar-refractivity contribution in [2.24, 2.45) is 5.92 Å². The van der Waals surface area contributed by atoms with Crippen molar-refractivity contribution < 1.29 is 34.0 Å². The molecule has 0 saturated carbocycles. The number of aliphatic hydroxyl groups is 1. The quantitative estimate of drug-likeness (QED) is 0.0850. The van der Waals surface area contributed by atoms with Gasteiger partial charge < -0.3 is 46.0 Å². The summed E-state index contributed by atoms with van der Waals surface area (Å²) in [6.45, 7) is 3.74. The molecule has 0 spiro atoms. The van der Waals surface area contributed by atoms with Gasteiger partial charge in [0.15, 0.2) is 5.43 Å². The van der Waals surface area contributed by atoms with Gasteiger partial charge >= 0.3 is 5.97 Å². The Morgan fingerprint density at radius 2 is 1.91 bits per heavy atom. The number of carbonyl (C=O) groups excluding carboxylic acids is 1. The van der Waals surface area contributed by atoms with Crippen LogP contribution >= 0.6 is 0 Å². The fourth-order valence-electron chi connectivity index (χ4n) is 9.49. The van der Waals surface area contributed by atoms with E-state index < -0.39 is 35.6 Å². The van der Waals surface area contributed by atoms with Gasteiger partial charge in [-0.1, -0.05) is 18.2 Å². The third kappa shape index (κ3) is 6.81. The van der Waals surface area contributed by atoms with Crippen LogP contribution in [-0.4, -0.2) is 56.6 Å². The number of benzene rings is 2. The number of aromatic nitrogens is 2. The smallest absolute Gasteiger partial charge is 0.334 e. The molecule has 2 aliphatic heterocycles. The SMILES string of the molecule is C/C=C(/CCNC)C(=O)O[C@@H]1Cc2c3c(c4oc(CO)cc(=O)c4c2O)[C@H]2Cc4cc(O)ccc4CC[C@H](C[C@H](Cc4ccc(N)nc4)[C@]1(C)O3)c1c2ccnc1N. The van der Waals surface area contributed by atoms with Crippen LogP contribution < -0.4 is 26.9 Å². The van der Waals surface area contributed by atoms with E-state index in [4.69, 9.17) is 25.4 Å². The summed E-state index contributed by atoms with van der Waals surface area (Å²) < 4.78 is 20.3. The van der Waals surface area contributed by atoms with Crippen LogP contribution in [-0.2, 0) is 41.8 Å². The normalized spacial score (nSPS) is 22.5. The molecule has 0 saturated heterocycles. The molecule has 2 aromatic carbocycles. The van der Waals surface area contributed by atoms with Crippen molar-refractivity contribution in [3.63, 3.8) is 0 Å². The van der Waals surface area contributed by atoms with E-state index >= 15 is 0 Å². The number of phenolic OH excluding ortho intramolecular Hbond substituents is 2. The van der Waals surface area contributed by atoms with E-state index in [-0.39, 0.29) is 46.5 Å². The van der Waals surface area contributed by atoms with Crippen LogP contribution in [0, 0.1) is 5.92 Å². The summed E-state index contributed by atoms with van der Waals surface area (Å²) in [4.78, 5) is 37.2. The van der Waals surface area contributed by atoms with Gasteiger partial charge in [0, 0.05) is 59.0 Å². The predicted molar refractivity (Wildman–Crippen MR) is 219 cm³/mol. The monoisotopic (exact) mass is 787 g/mol. The molecule has 0 radical (unpaired) electrons. The summed E-state index contributed by atoms with van der Waals surface area (Å²) in [6, 6.07) is 12.2. The lowest BCUT2D eigenvalue weighted by Crippen LogP contribution is -2.57. The molecule has 13 nitrogen and oxygen atoms in total. The van der Waals surface area contributed by atoms with E-state index in [2.05, 4.69) is 15.3 Å². The van der Waals surface area contributed by atoms with Gasteiger partial charge in [0.25, 0.3) is 0 Å². The number of aromatic hydroxyl groups is 2. The van der Waals surface area contributed by atoms with Gasteiger partial charge in [-0.2, -0.15) is 0 Å². The molecule has 3 aliphatic rings. The third-order valence-electron chi connectivity index (χ3n) is 12.6. The van der Waals surface area contributed by atoms with E-state index in [0.717, 1.165) is 27.8 Å². The molecule has 5 heterocycles. The number of allylic oxidation sites excluding steroid dienone is 1. The highest BCUT2D eigenvalue weighted by molar-refractivity contribution is 5.92. The highest BCUT2D eigenvalue weighted by atomic mass is 16.6. The fourth-order valence-corrected chi connectivity index (χ4v) is 9.49. The number of aliphatic hydroxyl groups excluding tert-OH is 1. The zero-order valence-electron chi connectivity index (χ0n) is 32.9. The van der Waals surface area contributed by atoms with Crippen LogP contribution in [0.2, 0.25) is 0 Å². The molecule has 0 fully saturated rings. The summed E-state index contributed by atoms with van der Waals surface area (Å²) in [7, 11) is 1.81. The number of nitrogens with zero attached hydrogens (tertiary/aromatic N) is 2. The van der Waals surface area contributed by atoms with E-state index in [1.165, 1.54) is 6.07 Å². The van der Waals surface area contributed by atoms with E-state index in [9.17, 15) is 24.9 Å². The molecule has 0 unspecified atom stereocenters. The van der Waals surface area contributed by atoms with Crippen molar-refractivity contribution in [3.8, 4) is 17.2 Å². The Hall–Kier alpha value is -5.92. The highest BCUT2D eigenvalue weighted by Crippen LogP contribution is 2.56. The van der Waals surface area contributed by atoms with Crippen molar-refractivity contribution in [1.29, 1.82) is 0 Å². The molecule has 302 valence electrons.